The van der Waals surface area contributed by atoms with Gasteiger partial charge in [-0.3, -0.25) is 0 Å². The number of hydrogen-bond acceptors (Lipinski definition) is 3. The first-order chi connectivity index (χ1) is 8.80. The van der Waals surface area contributed by atoms with Crippen LogP contribution in [0.3, 0.4) is 0 Å². The number of rotatable bonds is 6. The molecule has 7 heteroatoms. The molecule has 0 heterocycles. The lowest BCUT2D eigenvalue weighted by Gasteiger charge is -2.23. The minimum absolute atomic E-state index is 0.0153. The normalized spacial score (nSPS) is 13.5. The molecule has 4 nitrogen and oxygen atoms in total. The van der Waals surface area contributed by atoms with Crippen LogP contribution in [-0.4, -0.2) is 30.0 Å². The molecule has 1 rings (SSSR count). The number of sulfonamides is 1. The van der Waals surface area contributed by atoms with Crippen LogP contribution < -0.4 is 5.73 Å². The minimum atomic E-state index is -3.52. The van der Waals surface area contributed by atoms with Crippen molar-refractivity contribution in [3.63, 3.8) is 0 Å². The summed E-state index contributed by atoms with van der Waals surface area (Å²) in [4.78, 5) is 0.0153. The van der Waals surface area contributed by atoms with Gasteiger partial charge >= 0.3 is 0 Å². The van der Waals surface area contributed by atoms with Crippen LogP contribution >= 0.6 is 28.1 Å². The average molecular weight is 365 g/mol. The molecule has 1 aromatic carbocycles. The van der Waals surface area contributed by atoms with Gasteiger partial charge in [-0.25, -0.2) is 8.42 Å². The van der Waals surface area contributed by atoms with Gasteiger partial charge in [0.05, 0.1) is 4.99 Å². The summed E-state index contributed by atoms with van der Waals surface area (Å²) in [6.45, 7) is 2.04. The van der Waals surface area contributed by atoms with Gasteiger partial charge in [0.15, 0.2) is 0 Å². The van der Waals surface area contributed by atoms with E-state index in [0.717, 1.165) is 10.0 Å². The van der Waals surface area contributed by atoms with Gasteiger partial charge in [-0.1, -0.05) is 53.3 Å². The molecule has 106 valence electrons. The number of halogens is 1. The van der Waals surface area contributed by atoms with Crippen molar-refractivity contribution in [3.8, 4) is 0 Å². The molecule has 0 aliphatic rings. The Morgan fingerprint density at radius 2 is 2.05 bits per heavy atom. The van der Waals surface area contributed by atoms with Gasteiger partial charge in [0, 0.05) is 18.1 Å². The number of nitrogens with zero attached hydrogens (tertiary/aromatic N) is 1. The molecule has 0 saturated carbocycles. The number of nitrogens with two attached hydrogens (primary N) is 1. The summed E-state index contributed by atoms with van der Waals surface area (Å²) in [5, 5.41) is -0.810. The van der Waals surface area contributed by atoms with E-state index in [9.17, 15) is 8.42 Å². The Hall–Kier alpha value is -0.500. The monoisotopic (exact) mass is 364 g/mol. The largest absolute Gasteiger partial charge is 0.392 e. The maximum atomic E-state index is 12.4. The predicted octanol–water partition coefficient (Wildman–Crippen LogP) is 2.28. The van der Waals surface area contributed by atoms with Gasteiger partial charge in [-0.2, -0.15) is 4.31 Å². The van der Waals surface area contributed by atoms with Crippen LogP contribution in [0, 0.1) is 0 Å². The van der Waals surface area contributed by atoms with E-state index in [-0.39, 0.29) is 11.5 Å². The van der Waals surface area contributed by atoms with Crippen LogP contribution in [0.25, 0.3) is 0 Å². The Morgan fingerprint density at radius 1 is 1.47 bits per heavy atom. The zero-order valence-corrected chi connectivity index (χ0v) is 14.1. The third-order valence-electron chi connectivity index (χ3n) is 2.83. The van der Waals surface area contributed by atoms with E-state index in [1.807, 2.05) is 24.3 Å². The summed E-state index contributed by atoms with van der Waals surface area (Å²) < 4.78 is 26.9. The van der Waals surface area contributed by atoms with E-state index in [0.29, 0.717) is 6.42 Å². The van der Waals surface area contributed by atoms with Crippen molar-refractivity contribution in [1.29, 1.82) is 0 Å². The Morgan fingerprint density at radius 3 is 2.53 bits per heavy atom. The van der Waals surface area contributed by atoms with Crippen LogP contribution in [0.1, 0.15) is 18.9 Å². The number of benzene rings is 1. The quantitative estimate of drug-likeness (QED) is 0.786. The average Bonchev–Trinajstić information content (AvgIpc) is 2.31. The summed E-state index contributed by atoms with van der Waals surface area (Å²) in [5.41, 5.74) is 6.41. The first-order valence-electron chi connectivity index (χ1n) is 5.78. The van der Waals surface area contributed by atoms with Crippen molar-refractivity contribution in [2.75, 3.05) is 7.05 Å². The first-order valence-corrected chi connectivity index (χ1v) is 8.49. The highest BCUT2D eigenvalue weighted by Gasteiger charge is 2.30. The van der Waals surface area contributed by atoms with Crippen molar-refractivity contribution in [2.24, 2.45) is 5.73 Å². The highest BCUT2D eigenvalue weighted by Crippen LogP contribution is 2.20. The smallest absolute Gasteiger partial charge is 0.223 e. The molecule has 0 aliphatic heterocycles. The van der Waals surface area contributed by atoms with E-state index in [2.05, 4.69) is 15.9 Å². The topological polar surface area (TPSA) is 63.4 Å². The summed E-state index contributed by atoms with van der Waals surface area (Å²) in [5.74, 6) is 0. The standard InChI is InChI=1S/C12H17BrN2O2S2/c1-3-11(12(14)18)19(16,17)15(2)8-9-6-4-5-7-10(9)13/h4-7,11H,3,8H2,1-2H3,(H2,14,18). The molecule has 0 amide bonds. The zero-order valence-electron chi connectivity index (χ0n) is 10.8. The van der Waals surface area contributed by atoms with Crippen molar-refractivity contribution >= 4 is 43.2 Å². The highest BCUT2D eigenvalue weighted by molar-refractivity contribution is 9.10. The van der Waals surface area contributed by atoms with Crippen molar-refractivity contribution in [1.82, 2.24) is 4.31 Å². The molecule has 0 bridgehead atoms. The van der Waals surface area contributed by atoms with Crippen molar-refractivity contribution < 1.29 is 8.42 Å². The van der Waals surface area contributed by atoms with Crippen LogP contribution in [-0.2, 0) is 16.6 Å². The Kier molecular flexibility index (Phi) is 5.91. The summed E-state index contributed by atoms with van der Waals surface area (Å²) in [7, 11) is -1.98. The maximum absolute atomic E-state index is 12.4. The minimum Gasteiger partial charge on any atom is -0.392 e. The number of thiocarbonyl (C=S) groups is 1. The summed E-state index contributed by atoms with van der Waals surface area (Å²) >= 11 is 8.24. The van der Waals surface area contributed by atoms with E-state index >= 15 is 0 Å². The second-order valence-electron chi connectivity index (χ2n) is 4.19. The third-order valence-corrected chi connectivity index (χ3v) is 6.34. The maximum Gasteiger partial charge on any atom is 0.223 e. The lowest BCUT2D eigenvalue weighted by molar-refractivity contribution is 0.461. The molecule has 19 heavy (non-hydrogen) atoms. The van der Waals surface area contributed by atoms with Gasteiger partial charge < -0.3 is 5.73 Å². The van der Waals surface area contributed by atoms with E-state index in [4.69, 9.17) is 18.0 Å². The van der Waals surface area contributed by atoms with Crippen molar-refractivity contribution in [2.45, 2.75) is 25.1 Å². The predicted molar refractivity (Wildman–Crippen MR) is 85.4 cm³/mol. The van der Waals surface area contributed by atoms with Crippen LogP contribution in [0.5, 0.6) is 0 Å². The molecule has 0 spiro atoms. The van der Waals surface area contributed by atoms with Crippen LogP contribution in [0.2, 0.25) is 0 Å². The van der Waals surface area contributed by atoms with Gasteiger partial charge in [0.1, 0.15) is 5.25 Å². The molecule has 0 radical (unpaired) electrons. The molecule has 0 aliphatic carbocycles. The second-order valence-corrected chi connectivity index (χ2v) is 7.74. The molecule has 1 atom stereocenters. The van der Waals surface area contributed by atoms with Crippen LogP contribution in [0.15, 0.2) is 28.7 Å². The lowest BCUT2D eigenvalue weighted by atomic mass is 10.2. The highest BCUT2D eigenvalue weighted by atomic mass is 79.9. The fraction of sp³-hybridized carbons (Fsp3) is 0.417. The van der Waals surface area contributed by atoms with E-state index in [1.54, 1.807) is 6.92 Å². The fourth-order valence-electron chi connectivity index (χ4n) is 1.73. The second kappa shape index (κ2) is 6.78. The number of hydrogen-bond donors (Lipinski definition) is 1. The van der Waals surface area contributed by atoms with Gasteiger partial charge in [-0.05, 0) is 18.1 Å². The molecule has 0 fully saturated rings. The third kappa shape index (κ3) is 3.98. The molecule has 1 aromatic rings. The fourth-order valence-corrected chi connectivity index (χ4v) is 4.14. The molecule has 0 saturated heterocycles. The first kappa shape index (κ1) is 16.6. The van der Waals surface area contributed by atoms with Crippen molar-refractivity contribution in [3.05, 3.63) is 34.3 Å². The summed E-state index contributed by atoms with van der Waals surface area (Å²) in [6, 6.07) is 7.50. The molecule has 2 N–H and O–H groups in total. The van der Waals surface area contributed by atoms with Gasteiger partial charge in [0.25, 0.3) is 0 Å². The molecular weight excluding hydrogens is 348 g/mol. The van der Waals surface area contributed by atoms with Crippen LogP contribution in [0.4, 0.5) is 0 Å². The Labute approximate surface area is 128 Å². The molecule has 1 unspecified atom stereocenters. The SMILES string of the molecule is CCC(C(N)=S)S(=O)(=O)N(C)Cc1ccccc1Br. The van der Waals surface area contributed by atoms with Gasteiger partial charge in [0.2, 0.25) is 10.0 Å². The van der Waals surface area contributed by atoms with E-state index in [1.165, 1.54) is 11.4 Å². The lowest BCUT2D eigenvalue weighted by Crippen LogP contribution is -2.42. The zero-order chi connectivity index (χ0) is 14.6. The molecule has 0 aromatic heterocycles. The Bertz CT molecular complexity index is 561. The Balaban J connectivity index is 2.97. The molecular formula is C12H17BrN2O2S2. The summed E-state index contributed by atoms with van der Waals surface area (Å²) in [6.07, 6.45) is 0.373. The van der Waals surface area contributed by atoms with Gasteiger partial charge in [-0.15, -0.1) is 0 Å². The van der Waals surface area contributed by atoms with E-state index < -0.39 is 15.3 Å².